The van der Waals surface area contributed by atoms with Crippen LogP contribution in [0.15, 0.2) is 36.5 Å². The fourth-order valence-electron chi connectivity index (χ4n) is 1.28. The lowest BCUT2D eigenvalue weighted by atomic mass is 10.2. The smallest absolute Gasteiger partial charge is 0.163 e. The van der Waals surface area contributed by atoms with Crippen LogP contribution >= 0.6 is 0 Å². The summed E-state index contributed by atoms with van der Waals surface area (Å²) in [6.45, 7) is -0.136. The lowest BCUT2D eigenvalue weighted by molar-refractivity contribution is 0.277. The molecule has 0 aliphatic heterocycles. The number of aliphatic hydroxyl groups is 1. The Morgan fingerprint density at radius 2 is 1.93 bits per heavy atom. The standard InChI is InChI=1S/C11H10N2O2/c14-7-8-5-6-12-11(13-8)9-3-1-2-4-10(9)15/h1-6,14-15H,7H2. The van der Waals surface area contributed by atoms with Gasteiger partial charge in [-0.15, -0.1) is 0 Å². The predicted molar refractivity (Wildman–Crippen MR) is 55.1 cm³/mol. The summed E-state index contributed by atoms with van der Waals surface area (Å²) in [4.78, 5) is 8.14. The molecule has 76 valence electrons. The van der Waals surface area contributed by atoms with Crippen molar-refractivity contribution < 1.29 is 10.2 Å². The van der Waals surface area contributed by atoms with Crippen LogP contribution in [0.25, 0.3) is 11.4 Å². The Morgan fingerprint density at radius 3 is 2.67 bits per heavy atom. The van der Waals surface area contributed by atoms with E-state index in [1.165, 1.54) is 0 Å². The van der Waals surface area contributed by atoms with Crippen molar-refractivity contribution in [3.05, 3.63) is 42.2 Å². The first-order valence-electron chi connectivity index (χ1n) is 4.52. The molecule has 2 N–H and O–H groups in total. The second-order valence-electron chi connectivity index (χ2n) is 3.05. The molecule has 0 amide bonds. The maximum absolute atomic E-state index is 9.59. The maximum atomic E-state index is 9.59. The average molecular weight is 202 g/mol. The molecule has 1 aromatic heterocycles. The lowest BCUT2D eigenvalue weighted by Crippen LogP contribution is -1.94. The van der Waals surface area contributed by atoms with Gasteiger partial charge in [0.25, 0.3) is 0 Å². The van der Waals surface area contributed by atoms with Crippen molar-refractivity contribution in [2.45, 2.75) is 6.61 Å². The van der Waals surface area contributed by atoms with Gasteiger partial charge in [0.2, 0.25) is 0 Å². The van der Waals surface area contributed by atoms with Crippen LogP contribution < -0.4 is 0 Å². The highest BCUT2D eigenvalue weighted by molar-refractivity contribution is 5.63. The molecule has 0 aliphatic rings. The minimum absolute atomic E-state index is 0.132. The molecule has 4 nitrogen and oxygen atoms in total. The Bertz CT molecular complexity index is 472. The van der Waals surface area contributed by atoms with Gasteiger partial charge in [-0.05, 0) is 18.2 Å². The van der Waals surface area contributed by atoms with Crippen molar-refractivity contribution in [3.63, 3.8) is 0 Å². The highest BCUT2D eigenvalue weighted by atomic mass is 16.3. The first-order chi connectivity index (χ1) is 7.31. The molecule has 0 bridgehead atoms. The summed E-state index contributed by atoms with van der Waals surface area (Å²) in [6, 6.07) is 8.46. The molecule has 1 aromatic carbocycles. The largest absolute Gasteiger partial charge is 0.507 e. The number of para-hydroxylation sites is 1. The van der Waals surface area contributed by atoms with E-state index < -0.39 is 0 Å². The minimum Gasteiger partial charge on any atom is -0.507 e. The monoisotopic (exact) mass is 202 g/mol. The van der Waals surface area contributed by atoms with Crippen LogP contribution in [0.3, 0.4) is 0 Å². The van der Waals surface area contributed by atoms with Crippen LogP contribution in [0, 0.1) is 0 Å². The van der Waals surface area contributed by atoms with Gasteiger partial charge in [0.05, 0.1) is 17.9 Å². The number of aromatic hydroxyl groups is 1. The number of aliphatic hydroxyl groups excluding tert-OH is 1. The van der Waals surface area contributed by atoms with E-state index in [1.54, 1.807) is 36.5 Å². The van der Waals surface area contributed by atoms with Crippen LogP contribution in [-0.2, 0) is 6.61 Å². The lowest BCUT2D eigenvalue weighted by Gasteiger charge is -2.03. The second kappa shape index (κ2) is 4.06. The Hall–Kier alpha value is -1.94. The van der Waals surface area contributed by atoms with Gasteiger partial charge in [-0.3, -0.25) is 0 Å². The van der Waals surface area contributed by atoms with Crippen LogP contribution in [0.1, 0.15) is 5.69 Å². The normalized spacial score (nSPS) is 10.2. The molecule has 0 fully saturated rings. The zero-order valence-corrected chi connectivity index (χ0v) is 7.96. The molecule has 2 rings (SSSR count). The number of aromatic nitrogens is 2. The Labute approximate surface area is 86.9 Å². The third-order valence-corrected chi connectivity index (χ3v) is 2.02. The van der Waals surface area contributed by atoms with Crippen molar-refractivity contribution in [2.24, 2.45) is 0 Å². The Balaban J connectivity index is 2.49. The van der Waals surface area contributed by atoms with Crippen LogP contribution in [-0.4, -0.2) is 20.2 Å². The zero-order chi connectivity index (χ0) is 10.7. The number of hydrogen-bond donors (Lipinski definition) is 2. The molecule has 2 aromatic rings. The predicted octanol–water partition coefficient (Wildman–Crippen LogP) is 1.34. The number of hydrogen-bond acceptors (Lipinski definition) is 4. The highest BCUT2D eigenvalue weighted by Crippen LogP contribution is 2.25. The molecule has 0 saturated carbocycles. The molecule has 1 heterocycles. The molecule has 15 heavy (non-hydrogen) atoms. The van der Waals surface area contributed by atoms with Gasteiger partial charge in [0, 0.05) is 6.20 Å². The van der Waals surface area contributed by atoms with E-state index in [9.17, 15) is 5.11 Å². The van der Waals surface area contributed by atoms with Crippen molar-refractivity contribution >= 4 is 0 Å². The zero-order valence-electron chi connectivity index (χ0n) is 7.96. The number of rotatable bonds is 2. The van der Waals surface area contributed by atoms with E-state index >= 15 is 0 Å². The van der Waals surface area contributed by atoms with Gasteiger partial charge in [-0.2, -0.15) is 0 Å². The summed E-state index contributed by atoms with van der Waals surface area (Å²) in [5.41, 5.74) is 1.09. The van der Waals surface area contributed by atoms with E-state index in [0.29, 0.717) is 17.1 Å². The third kappa shape index (κ3) is 1.94. The van der Waals surface area contributed by atoms with Crippen molar-refractivity contribution in [3.8, 4) is 17.1 Å². The maximum Gasteiger partial charge on any atom is 0.163 e. The van der Waals surface area contributed by atoms with Crippen molar-refractivity contribution in [2.75, 3.05) is 0 Å². The fraction of sp³-hybridized carbons (Fsp3) is 0.0909. The van der Waals surface area contributed by atoms with E-state index in [2.05, 4.69) is 9.97 Å². The highest BCUT2D eigenvalue weighted by Gasteiger charge is 2.06. The number of benzene rings is 1. The quantitative estimate of drug-likeness (QED) is 0.771. The molecule has 0 atom stereocenters. The summed E-state index contributed by atoms with van der Waals surface area (Å²) in [6.07, 6.45) is 1.56. The first kappa shape index (κ1) is 9.61. The molecule has 4 heteroatoms. The van der Waals surface area contributed by atoms with Crippen molar-refractivity contribution in [1.82, 2.24) is 9.97 Å². The Morgan fingerprint density at radius 1 is 1.13 bits per heavy atom. The number of phenols is 1. The van der Waals surface area contributed by atoms with E-state index in [-0.39, 0.29) is 12.4 Å². The number of phenolic OH excluding ortho intramolecular Hbond substituents is 1. The van der Waals surface area contributed by atoms with E-state index in [0.717, 1.165) is 0 Å². The summed E-state index contributed by atoms with van der Waals surface area (Å²) in [7, 11) is 0. The van der Waals surface area contributed by atoms with E-state index in [4.69, 9.17) is 5.11 Å². The van der Waals surface area contributed by atoms with Crippen LogP contribution in [0.2, 0.25) is 0 Å². The summed E-state index contributed by atoms with van der Waals surface area (Å²) in [5, 5.41) is 18.5. The summed E-state index contributed by atoms with van der Waals surface area (Å²) >= 11 is 0. The molecule has 0 radical (unpaired) electrons. The van der Waals surface area contributed by atoms with E-state index in [1.807, 2.05) is 0 Å². The summed E-state index contributed by atoms with van der Waals surface area (Å²) < 4.78 is 0. The van der Waals surface area contributed by atoms with Gasteiger partial charge < -0.3 is 10.2 Å². The number of nitrogens with zero attached hydrogens (tertiary/aromatic N) is 2. The molecular formula is C11H10N2O2. The average Bonchev–Trinajstić information content (AvgIpc) is 2.30. The molecule has 0 spiro atoms. The van der Waals surface area contributed by atoms with Crippen LogP contribution in [0.4, 0.5) is 0 Å². The fourth-order valence-corrected chi connectivity index (χ4v) is 1.28. The van der Waals surface area contributed by atoms with Crippen molar-refractivity contribution in [1.29, 1.82) is 0 Å². The first-order valence-corrected chi connectivity index (χ1v) is 4.52. The van der Waals surface area contributed by atoms with Gasteiger partial charge in [0.15, 0.2) is 5.82 Å². The third-order valence-electron chi connectivity index (χ3n) is 2.02. The van der Waals surface area contributed by atoms with Gasteiger partial charge >= 0.3 is 0 Å². The second-order valence-corrected chi connectivity index (χ2v) is 3.05. The van der Waals surface area contributed by atoms with Gasteiger partial charge in [0.1, 0.15) is 5.75 Å². The molecule has 0 aliphatic carbocycles. The Kier molecular flexibility index (Phi) is 2.60. The topological polar surface area (TPSA) is 66.2 Å². The molecular weight excluding hydrogens is 192 g/mol. The van der Waals surface area contributed by atoms with Gasteiger partial charge in [-0.25, -0.2) is 9.97 Å². The molecule has 0 saturated heterocycles. The molecule has 0 unspecified atom stereocenters. The minimum atomic E-state index is -0.136. The van der Waals surface area contributed by atoms with Gasteiger partial charge in [-0.1, -0.05) is 12.1 Å². The SMILES string of the molecule is OCc1ccnc(-c2ccccc2O)n1. The van der Waals surface area contributed by atoms with Crippen LogP contribution in [0.5, 0.6) is 5.75 Å². The summed E-state index contributed by atoms with van der Waals surface area (Å²) in [5.74, 6) is 0.548.